The maximum atomic E-state index is 11.8. The van der Waals surface area contributed by atoms with E-state index in [0.717, 1.165) is 5.56 Å². The molecule has 0 aromatic heterocycles. The van der Waals surface area contributed by atoms with E-state index in [0.29, 0.717) is 6.61 Å². The van der Waals surface area contributed by atoms with Gasteiger partial charge in [0.15, 0.2) is 0 Å². The van der Waals surface area contributed by atoms with Gasteiger partial charge in [-0.25, -0.2) is 0 Å². The molecule has 1 aromatic carbocycles. The van der Waals surface area contributed by atoms with Crippen LogP contribution in [-0.4, -0.2) is 13.0 Å². The molecule has 2 rings (SSSR count). The molecule has 0 N–H and O–H groups in total. The fraction of sp³-hybridized carbons (Fsp3) is 0.400. The van der Waals surface area contributed by atoms with Crippen molar-refractivity contribution in [1.29, 1.82) is 0 Å². The third-order valence-corrected chi connectivity index (χ3v) is 2.28. The minimum atomic E-state index is -4.64. The van der Waals surface area contributed by atoms with Crippen LogP contribution >= 0.6 is 0 Å². The van der Waals surface area contributed by atoms with Gasteiger partial charge in [-0.2, -0.15) is 0 Å². The summed E-state index contributed by atoms with van der Waals surface area (Å²) in [6.45, 7) is 2.49. The second kappa shape index (κ2) is 3.13. The highest BCUT2D eigenvalue weighted by atomic mass is 19.4. The monoisotopic (exact) mass is 218 g/mol. The van der Waals surface area contributed by atoms with E-state index in [-0.39, 0.29) is 11.4 Å². The maximum absolute atomic E-state index is 11.8. The molecule has 0 amide bonds. The van der Waals surface area contributed by atoms with E-state index in [4.69, 9.17) is 4.74 Å². The number of alkyl halides is 3. The van der Waals surface area contributed by atoms with Gasteiger partial charge < -0.3 is 9.47 Å². The Kier molecular flexibility index (Phi) is 2.15. The molecule has 15 heavy (non-hydrogen) atoms. The van der Waals surface area contributed by atoms with E-state index in [1.165, 1.54) is 12.1 Å². The average molecular weight is 218 g/mol. The first-order chi connectivity index (χ1) is 6.89. The highest BCUT2D eigenvalue weighted by Crippen LogP contribution is 2.38. The number of halogens is 3. The Hall–Kier alpha value is -1.23. The highest BCUT2D eigenvalue weighted by Gasteiger charge is 2.41. The van der Waals surface area contributed by atoms with Gasteiger partial charge in [0.05, 0.1) is 6.61 Å². The largest absolute Gasteiger partial charge is 0.573 e. The van der Waals surface area contributed by atoms with Gasteiger partial charge in [-0.3, -0.25) is 0 Å². The average Bonchev–Trinajstić information content (AvgIpc) is 2.83. The van der Waals surface area contributed by atoms with Crippen molar-refractivity contribution in [2.24, 2.45) is 0 Å². The van der Waals surface area contributed by atoms with E-state index in [1.807, 2.05) is 6.92 Å². The molecule has 1 fully saturated rings. The van der Waals surface area contributed by atoms with Gasteiger partial charge in [0.1, 0.15) is 11.4 Å². The SMILES string of the molecule is CC1(c2ccc(OC(F)(F)F)cc2)CO1. The molecule has 0 aliphatic carbocycles. The first kappa shape index (κ1) is 10.3. The lowest BCUT2D eigenvalue weighted by Crippen LogP contribution is -2.17. The summed E-state index contributed by atoms with van der Waals surface area (Å²) >= 11 is 0. The molecule has 1 heterocycles. The fourth-order valence-electron chi connectivity index (χ4n) is 1.28. The topological polar surface area (TPSA) is 21.8 Å². The molecule has 0 bridgehead atoms. The van der Waals surface area contributed by atoms with Crippen LogP contribution in [0.3, 0.4) is 0 Å². The van der Waals surface area contributed by atoms with E-state index < -0.39 is 6.36 Å². The number of epoxide rings is 1. The molecule has 0 saturated carbocycles. The van der Waals surface area contributed by atoms with Crippen LogP contribution in [0.15, 0.2) is 24.3 Å². The minimum Gasteiger partial charge on any atom is -0.406 e. The van der Waals surface area contributed by atoms with Crippen molar-refractivity contribution >= 4 is 0 Å². The van der Waals surface area contributed by atoms with Crippen LogP contribution in [0.2, 0.25) is 0 Å². The van der Waals surface area contributed by atoms with Crippen molar-refractivity contribution in [2.75, 3.05) is 6.61 Å². The van der Waals surface area contributed by atoms with Gasteiger partial charge in [-0.1, -0.05) is 12.1 Å². The third-order valence-electron chi connectivity index (χ3n) is 2.28. The molecule has 0 spiro atoms. The molecule has 1 aliphatic rings. The Balaban J connectivity index is 2.11. The lowest BCUT2D eigenvalue weighted by atomic mass is 10.0. The summed E-state index contributed by atoms with van der Waals surface area (Å²) in [6.07, 6.45) is -4.64. The van der Waals surface area contributed by atoms with Gasteiger partial charge in [0, 0.05) is 0 Å². The second-order valence-corrected chi connectivity index (χ2v) is 3.59. The Labute approximate surface area is 84.6 Å². The molecule has 1 aromatic rings. The summed E-state index contributed by atoms with van der Waals surface area (Å²) < 4.78 is 44.4. The minimum absolute atomic E-state index is 0.212. The van der Waals surface area contributed by atoms with Crippen molar-refractivity contribution in [2.45, 2.75) is 18.9 Å². The quantitative estimate of drug-likeness (QED) is 0.712. The summed E-state index contributed by atoms with van der Waals surface area (Å²) in [5.41, 5.74) is 0.536. The zero-order chi connectivity index (χ0) is 11.1. The smallest absolute Gasteiger partial charge is 0.406 e. The molecule has 1 aliphatic heterocycles. The molecule has 0 radical (unpaired) electrons. The summed E-state index contributed by atoms with van der Waals surface area (Å²) in [6, 6.07) is 5.73. The third kappa shape index (κ3) is 2.41. The van der Waals surface area contributed by atoms with Crippen LogP contribution in [0.25, 0.3) is 0 Å². The summed E-state index contributed by atoms with van der Waals surface area (Å²) in [5.74, 6) is -0.212. The molecular formula is C10H9F3O2. The zero-order valence-electron chi connectivity index (χ0n) is 7.97. The predicted molar refractivity (Wildman–Crippen MR) is 46.4 cm³/mol. The van der Waals surface area contributed by atoms with Crippen molar-refractivity contribution in [3.8, 4) is 5.75 Å². The van der Waals surface area contributed by atoms with Crippen LogP contribution in [0.4, 0.5) is 13.2 Å². The normalized spacial score (nSPS) is 25.1. The molecule has 82 valence electrons. The van der Waals surface area contributed by atoms with E-state index in [2.05, 4.69) is 4.74 Å². The van der Waals surface area contributed by atoms with Crippen LogP contribution in [0.5, 0.6) is 5.75 Å². The van der Waals surface area contributed by atoms with Gasteiger partial charge in [0.2, 0.25) is 0 Å². The number of hydrogen-bond donors (Lipinski definition) is 0. The van der Waals surface area contributed by atoms with Crippen molar-refractivity contribution in [1.82, 2.24) is 0 Å². The Morgan fingerprint density at radius 2 is 1.80 bits per heavy atom. The van der Waals surface area contributed by atoms with Gasteiger partial charge >= 0.3 is 6.36 Å². The standard InChI is InChI=1S/C10H9F3O2/c1-9(6-14-9)7-2-4-8(5-3-7)15-10(11,12)13/h2-5H,6H2,1H3. The van der Waals surface area contributed by atoms with E-state index >= 15 is 0 Å². The van der Waals surface area contributed by atoms with Crippen LogP contribution in [0, 0.1) is 0 Å². The predicted octanol–water partition coefficient (Wildman–Crippen LogP) is 2.83. The first-order valence-electron chi connectivity index (χ1n) is 4.39. The van der Waals surface area contributed by atoms with Crippen LogP contribution in [0.1, 0.15) is 12.5 Å². The fourth-order valence-corrected chi connectivity index (χ4v) is 1.28. The molecule has 2 nitrogen and oxygen atoms in total. The van der Waals surface area contributed by atoms with Gasteiger partial charge in [-0.05, 0) is 24.6 Å². The first-order valence-corrected chi connectivity index (χ1v) is 4.39. The van der Waals surface area contributed by atoms with Gasteiger partial charge in [-0.15, -0.1) is 13.2 Å². The lowest BCUT2D eigenvalue weighted by Gasteiger charge is -2.10. The van der Waals surface area contributed by atoms with Crippen molar-refractivity contribution in [3.05, 3.63) is 29.8 Å². The zero-order valence-corrected chi connectivity index (χ0v) is 7.97. The Bertz CT molecular complexity index is 352. The summed E-state index contributed by atoms with van der Waals surface area (Å²) in [5, 5.41) is 0. The Morgan fingerprint density at radius 1 is 1.27 bits per heavy atom. The van der Waals surface area contributed by atoms with E-state index in [9.17, 15) is 13.2 Å². The van der Waals surface area contributed by atoms with Crippen molar-refractivity contribution in [3.63, 3.8) is 0 Å². The van der Waals surface area contributed by atoms with E-state index in [1.54, 1.807) is 12.1 Å². The van der Waals surface area contributed by atoms with Crippen LogP contribution in [-0.2, 0) is 10.3 Å². The number of ether oxygens (including phenoxy) is 2. The van der Waals surface area contributed by atoms with Gasteiger partial charge in [0.25, 0.3) is 0 Å². The molecular weight excluding hydrogens is 209 g/mol. The number of benzene rings is 1. The molecule has 1 saturated heterocycles. The van der Waals surface area contributed by atoms with Crippen LogP contribution < -0.4 is 4.74 Å². The highest BCUT2D eigenvalue weighted by molar-refractivity contribution is 5.32. The second-order valence-electron chi connectivity index (χ2n) is 3.59. The summed E-state index contributed by atoms with van der Waals surface area (Å²) in [4.78, 5) is 0. The molecule has 5 heteroatoms. The lowest BCUT2D eigenvalue weighted by molar-refractivity contribution is -0.274. The number of hydrogen-bond acceptors (Lipinski definition) is 2. The molecule has 1 atom stereocenters. The maximum Gasteiger partial charge on any atom is 0.573 e. The van der Waals surface area contributed by atoms with Crippen molar-refractivity contribution < 1.29 is 22.6 Å². The molecule has 1 unspecified atom stereocenters. The number of rotatable bonds is 2. The summed E-state index contributed by atoms with van der Waals surface area (Å²) in [7, 11) is 0. The Morgan fingerprint density at radius 3 is 2.20 bits per heavy atom.